The number of hydrazine groups is 1. The third-order valence-corrected chi connectivity index (χ3v) is 3.28. The molecule has 2 unspecified atom stereocenters. The van der Waals surface area contributed by atoms with Crippen LogP contribution in [0.4, 0.5) is 11.5 Å². The molecular weight excluding hydrogens is 224 g/mol. The molecule has 4 N–H and O–H groups in total. The van der Waals surface area contributed by atoms with E-state index in [9.17, 15) is 0 Å². The van der Waals surface area contributed by atoms with Crippen LogP contribution in [-0.4, -0.2) is 11.0 Å². The monoisotopic (exact) mass is 240 g/mol. The van der Waals surface area contributed by atoms with Gasteiger partial charge in [0.25, 0.3) is 0 Å². The lowest BCUT2D eigenvalue weighted by molar-refractivity contribution is 1.04. The second-order valence-corrected chi connectivity index (χ2v) is 4.58. The Morgan fingerprint density at radius 3 is 2.78 bits per heavy atom. The van der Waals surface area contributed by atoms with E-state index in [-0.39, 0.29) is 0 Å². The molecule has 1 fully saturated rings. The Morgan fingerprint density at radius 1 is 1.17 bits per heavy atom. The Kier molecular flexibility index (Phi) is 2.86. The van der Waals surface area contributed by atoms with Crippen LogP contribution in [0.15, 0.2) is 48.7 Å². The Hall–Kier alpha value is -2.07. The lowest BCUT2D eigenvalue weighted by atomic mass is 10.1. The predicted octanol–water partition coefficient (Wildman–Crippen LogP) is 2.34. The number of rotatable bonds is 4. The van der Waals surface area contributed by atoms with Crippen LogP contribution in [0, 0.1) is 0 Å². The van der Waals surface area contributed by atoms with Gasteiger partial charge in [-0.15, -0.1) is 0 Å². The van der Waals surface area contributed by atoms with Crippen LogP contribution in [0.25, 0.3) is 0 Å². The Labute approximate surface area is 106 Å². The zero-order chi connectivity index (χ0) is 12.4. The highest BCUT2D eigenvalue weighted by Crippen LogP contribution is 2.42. The van der Waals surface area contributed by atoms with Gasteiger partial charge < -0.3 is 10.7 Å². The van der Waals surface area contributed by atoms with Crippen molar-refractivity contribution in [1.29, 1.82) is 0 Å². The number of nitrogen functional groups attached to an aromatic ring is 1. The summed E-state index contributed by atoms with van der Waals surface area (Å²) < 4.78 is 0. The molecule has 0 spiro atoms. The van der Waals surface area contributed by atoms with Gasteiger partial charge in [0.15, 0.2) is 0 Å². The fourth-order valence-electron chi connectivity index (χ4n) is 2.24. The Bertz CT molecular complexity index is 526. The molecule has 0 amide bonds. The van der Waals surface area contributed by atoms with Crippen LogP contribution in [0.5, 0.6) is 0 Å². The summed E-state index contributed by atoms with van der Waals surface area (Å²) in [6.07, 6.45) is 2.93. The molecule has 0 bridgehead atoms. The average Bonchev–Trinajstić information content (AvgIpc) is 3.19. The molecule has 18 heavy (non-hydrogen) atoms. The smallest absolute Gasteiger partial charge is 0.141 e. The third kappa shape index (κ3) is 2.28. The first-order valence-corrected chi connectivity index (χ1v) is 6.11. The Balaban J connectivity index is 1.65. The van der Waals surface area contributed by atoms with Crippen molar-refractivity contribution in [2.24, 2.45) is 5.84 Å². The molecule has 1 aromatic heterocycles. The van der Waals surface area contributed by atoms with Crippen molar-refractivity contribution in [3.05, 3.63) is 54.2 Å². The number of anilines is 2. The van der Waals surface area contributed by atoms with Crippen LogP contribution in [0.2, 0.25) is 0 Å². The maximum absolute atomic E-state index is 5.34. The minimum atomic E-state index is 0.514. The van der Waals surface area contributed by atoms with Crippen molar-refractivity contribution >= 4 is 11.5 Å². The minimum absolute atomic E-state index is 0.514. The summed E-state index contributed by atoms with van der Waals surface area (Å²) in [6, 6.07) is 15.0. The highest BCUT2D eigenvalue weighted by Gasteiger charge is 2.38. The summed E-state index contributed by atoms with van der Waals surface area (Å²) in [5, 5.41) is 3.50. The van der Waals surface area contributed by atoms with E-state index >= 15 is 0 Å². The van der Waals surface area contributed by atoms with Crippen LogP contribution < -0.4 is 16.6 Å². The van der Waals surface area contributed by atoms with Crippen molar-refractivity contribution in [2.45, 2.75) is 18.4 Å². The maximum Gasteiger partial charge on any atom is 0.141 e. The fourth-order valence-corrected chi connectivity index (χ4v) is 2.24. The predicted molar refractivity (Wildman–Crippen MR) is 73.3 cm³/mol. The zero-order valence-corrected chi connectivity index (χ0v) is 10.0. The van der Waals surface area contributed by atoms with E-state index < -0.39 is 0 Å². The molecule has 1 aromatic carbocycles. The second kappa shape index (κ2) is 4.66. The number of hydrogen-bond acceptors (Lipinski definition) is 4. The normalized spacial score (nSPS) is 21.4. The molecule has 1 aliphatic carbocycles. The number of hydrogen-bond donors (Lipinski definition) is 3. The lowest BCUT2D eigenvalue weighted by Crippen LogP contribution is -2.10. The molecule has 1 aliphatic rings. The van der Waals surface area contributed by atoms with Crippen molar-refractivity contribution in [3.63, 3.8) is 0 Å². The summed E-state index contributed by atoms with van der Waals surface area (Å²) >= 11 is 0. The molecule has 0 aliphatic heterocycles. The van der Waals surface area contributed by atoms with E-state index in [1.807, 2.05) is 12.1 Å². The van der Waals surface area contributed by atoms with E-state index in [0.29, 0.717) is 17.8 Å². The van der Waals surface area contributed by atoms with Crippen molar-refractivity contribution < 1.29 is 0 Å². The molecule has 1 saturated carbocycles. The highest BCUT2D eigenvalue weighted by molar-refractivity contribution is 5.53. The number of nitrogens with zero attached hydrogens (tertiary/aromatic N) is 1. The standard InChI is InChI=1S/C14H16N4/c15-18-14-8-11(6-7-16-14)17-13-9-12(13)10-4-2-1-3-5-10/h1-8,12-13H,9,15H2,(H2,16,17,18). The molecule has 92 valence electrons. The van der Waals surface area contributed by atoms with Gasteiger partial charge in [-0.05, 0) is 18.1 Å². The van der Waals surface area contributed by atoms with E-state index in [0.717, 1.165) is 5.69 Å². The first kappa shape index (κ1) is 11.0. The lowest BCUT2D eigenvalue weighted by Gasteiger charge is -2.07. The number of pyridine rings is 1. The Morgan fingerprint density at radius 2 is 2.00 bits per heavy atom. The summed E-state index contributed by atoms with van der Waals surface area (Å²) in [7, 11) is 0. The van der Waals surface area contributed by atoms with Gasteiger partial charge >= 0.3 is 0 Å². The average molecular weight is 240 g/mol. The molecule has 4 heteroatoms. The van der Waals surface area contributed by atoms with Crippen LogP contribution in [-0.2, 0) is 0 Å². The van der Waals surface area contributed by atoms with E-state index in [1.165, 1.54) is 12.0 Å². The summed E-state index contributed by atoms with van der Waals surface area (Å²) in [6.45, 7) is 0. The molecule has 2 aromatic rings. The number of aromatic nitrogens is 1. The van der Waals surface area contributed by atoms with Crippen molar-refractivity contribution in [3.8, 4) is 0 Å². The summed E-state index contributed by atoms with van der Waals surface area (Å²) in [5.41, 5.74) is 5.01. The molecular formula is C14H16N4. The van der Waals surface area contributed by atoms with Crippen LogP contribution >= 0.6 is 0 Å². The van der Waals surface area contributed by atoms with E-state index in [1.54, 1.807) is 6.20 Å². The SMILES string of the molecule is NNc1cc(NC2CC2c2ccccc2)ccn1. The quantitative estimate of drug-likeness (QED) is 0.567. The van der Waals surface area contributed by atoms with Gasteiger partial charge in [0, 0.05) is 29.9 Å². The molecule has 0 radical (unpaired) electrons. The summed E-state index contributed by atoms with van der Waals surface area (Å²) in [4.78, 5) is 4.09. The van der Waals surface area contributed by atoms with Gasteiger partial charge in [-0.1, -0.05) is 30.3 Å². The van der Waals surface area contributed by atoms with Crippen molar-refractivity contribution in [2.75, 3.05) is 10.7 Å². The summed E-state index contributed by atoms with van der Waals surface area (Å²) in [5.74, 6) is 6.64. The van der Waals surface area contributed by atoms with Gasteiger partial charge in [0.1, 0.15) is 5.82 Å². The van der Waals surface area contributed by atoms with Crippen LogP contribution in [0.1, 0.15) is 17.9 Å². The highest BCUT2D eigenvalue weighted by atomic mass is 15.2. The van der Waals surface area contributed by atoms with Crippen LogP contribution in [0.3, 0.4) is 0 Å². The number of nitrogens with one attached hydrogen (secondary N) is 2. The van der Waals surface area contributed by atoms with Gasteiger partial charge in [-0.2, -0.15) is 0 Å². The zero-order valence-electron chi connectivity index (χ0n) is 10.0. The third-order valence-electron chi connectivity index (χ3n) is 3.28. The molecule has 4 nitrogen and oxygen atoms in total. The maximum atomic E-state index is 5.34. The van der Waals surface area contributed by atoms with Gasteiger partial charge in [0.05, 0.1) is 0 Å². The largest absolute Gasteiger partial charge is 0.382 e. The fraction of sp³-hybridized carbons (Fsp3) is 0.214. The van der Waals surface area contributed by atoms with Gasteiger partial charge in [-0.3, -0.25) is 0 Å². The van der Waals surface area contributed by atoms with Crippen molar-refractivity contribution in [1.82, 2.24) is 4.98 Å². The van der Waals surface area contributed by atoms with Gasteiger partial charge in [-0.25, -0.2) is 10.8 Å². The topological polar surface area (TPSA) is 63.0 Å². The first-order valence-electron chi connectivity index (χ1n) is 6.11. The molecule has 3 rings (SSSR count). The molecule has 2 atom stereocenters. The van der Waals surface area contributed by atoms with E-state index in [2.05, 4.69) is 46.1 Å². The van der Waals surface area contributed by atoms with E-state index in [4.69, 9.17) is 5.84 Å². The van der Waals surface area contributed by atoms with Gasteiger partial charge in [0.2, 0.25) is 0 Å². The number of benzene rings is 1. The molecule has 1 heterocycles. The minimum Gasteiger partial charge on any atom is -0.382 e. The second-order valence-electron chi connectivity index (χ2n) is 4.58. The molecule has 0 saturated heterocycles. The number of nitrogens with two attached hydrogens (primary N) is 1. The first-order chi connectivity index (χ1) is 8.86.